The van der Waals surface area contributed by atoms with Crippen molar-refractivity contribution >= 4 is 17.7 Å². The van der Waals surface area contributed by atoms with Crippen LogP contribution in [-0.4, -0.2) is 33.0 Å². The smallest absolute Gasteiger partial charge is 0.306 e. The van der Waals surface area contributed by atoms with Gasteiger partial charge in [0.05, 0.1) is 5.92 Å². The molecule has 2 N–H and O–H groups in total. The van der Waals surface area contributed by atoms with Crippen LogP contribution in [-0.2, 0) is 11.3 Å². The molecule has 7 heteroatoms. The lowest BCUT2D eigenvalue weighted by molar-refractivity contribution is -0.145. The van der Waals surface area contributed by atoms with Gasteiger partial charge in [0.15, 0.2) is 0 Å². The fraction of sp³-hybridized carbons (Fsp3) is 0.318. The van der Waals surface area contributed by atoms with E-state index in [4.69, 9.17) is 9.63 Å². The molecule has 0 saturated heterocycles. The highest BCUT2D eigenvalue weighted by Crippen LogP contribution is 2.28. The zero-order chi connectivity index (χ0) is 20.2. The number of rotatable bonds is 8. The summed E-state index contributed by atoms with van der Waals surface area (Å²) in [6.07, 6.45) is 1.41. The number of hydrogen-bond acceptors (Lipinski definition) is 6. The fourth-order valence-electron chi connectivity index (χ4n) is 3.34. The van der Waals surface area contributed by atoms with Crippen LogP contribution in [0.15, 0.2) is 57.9 Å². The van der Waals surface area contributed by atoms with Gasteiger partial charge in [0.2, 0.25) is 5.82 Å². The molecule has 2 aromatic carbocycles. The molecule has 0 spiro atoms. The van der Waals surface area contributed by atoms with Crippen LogP contribution < -0.4 is 5.32 Å². The normalized spacial score (nSPS) is 18.4. The van der Waals surface area contributed by atoms with Crippen molar-refractivity contribution in [2.45, 2.75) is 37.2 Å². The fourth-order valence-corrected chi connectivity index (χ4v) is 4.00. The Hall–Kier alpha value is -2.64. The second-order valence-corrected chi connectivity index (χ2v) is 8.50. The summed E-state index contributed by atoms with van der Waals surface area (Å²) in [5.41, 5.74) is 2.95. The van der Waals surface area contributed by atoms with Gasteiger partial charge in [-0.05, 0) is 48.4 Å². The number of benzene rings is 2. The van der Waals surface area contributed by atoms with Crippen LogP contribution in [0, 0.1) is 5.92 Å². The van der Waals surface area contributed by atoms with Crippen molar-refractivity contribution in [2.24, 2.45) is 5.92 Å². The summed E-state index contributed by atoms with van der Waals surface area (Å²) in [4.78, 5) is 16.6. The van der Waals surface area contributed by atoms with Crippen LogP contribution in [0.1, 0.15) is 25.3 Å². The topological polar surface area (TPSA) is 88.2 Å². The number of carbonyl (C=O) groups is 1. The van der Waals surface area contributed by atoms with Gasteiger partial charge < -0.3 is 14.9 Å². The van der Waals surface area contributed by atoms with Crippen molar-refractivity contribution in [1.82, 2.24) is 15.5 Å². The van der Waals surface area contributed by atoms with Gasteiger partial charge in [-0.2, -0.15) is 4.98 Å². The van der Waals surface area contributed by atoms with Gasteiger partial charge in [0, 0.05) is 28.6 Å². The summed E-state index contributed by atoms with van der Waals surface area (Å²) in [6, 6.07) is 16.4. The minimum atomic E-state index is -0.692. The number of carboxylic acid groups (broad SMARTS) is 1. The Bertz CT molecular complexity index is 964. The first-order valence-electron chi connectivity index (χ1n) is 9.75. The number of hydrogen-bond donors (Lipinski definition) is 2. The maximum absolute atomic E-state index is 10.9. The largest absolute Gasteiger partial charge is 0.481 e. The zero-order valence-corrected chi connectivity index (χ0v) is 17.0. The van der Waals surface area contributed by atoms with E-state index in [0.717, 1.165) is 29.0 Å². The van der Waals surface area contributed by atoms with Crippen molar-refractivity contribution in [2.75, 3.05) is 5.75 Å². The first-order valence-corrected chi connectivity index (χ1v) is 10.7. The maximum atomic E-state index is 10.9. The first kappa shape index (κ1) is 19.7. The molecule has 29 heavy (non-hydrogen) atoms. The van der Waals surface area contributed by atoms with E-state index in [1.54, 1.807) is 11.8 Å². The molecule has 1 saturated carbocycles. The van der Waals surface area contributed by atoms with Gasteiger partial charge in [-0.25, -0.2) is 0 Å². The molecular formula is C22H23N3O3S. The second kappa shape index (κ2) is 8.80. The Morgan fingerprint density at radius 3 is 2.48 bits per heavy atom. The average Bonchev–Trinajstić information content (AvgIpc) is 3.18. The summed E-state index contributed by atoms with van der Waals surface area (Å²) < 4.78 is 5.44. The minimum Gasteiger partial charge on any atom is -0.481 e. The van der Waals surface area contributed by atoms with Crippen LogP contribution >= 0.6 is 11.8 Å². The van der Waals surface area contributed by atoms with Gasteiger partial charge in [-0.3, -0.25) is 4.79 Å². The lowest BCUT2D eigenvalue weighted by Crippen LogP contribution is -2.43. The molecule has 1 aromatic heterocycles. The number of aliphatic carboxylic acids is 1. The molecule has 6 nitrogen and oxygen atoms in total. The summed E-state index contributed by atoms with van der Waals surface area (Å²) in [7, 11) is 0. The second-order valence-electron chi connectivity index (χ2n) is 7.16. The van der Waals surface area contributed by atoms with Crippen molar-refractivity contribution in [1.29, 1.82) is 0 Å². The molecule has 150 valence electrons. The molecule has 3 aromatic rings. The molecule has 0 amide bonds. The summed E-state index contributed by atoms with van der Waals surface area (Å²) in [5, 5.41) is 16.4. The Morgan fingerprint density at radius 1 is 1.14 bits per heavy atom. The van der Waals surface area contributed by atoms with Crippen molar-refractivity contribution < 1.29 is 14.4 Å². The zero-order valence-electron chi connectivity index (χ0n) is 16.2. The molecule has 4 rings (SSSR count). The van der Waals surface area contributed by atoms with Crippen LogP contribution in [0.2, 0.25) is 0 Å². The Morgan fingerprint density at radius 2 is 1.83 bits per heavy atom. The summed E-state index contributed by atoms with van der Waals surface area (Å²) >= 11 is 1.80. The minimum absolute atomic E-state index is 0.191. The van der Waals surface area contributed by atoms with Gasteiger partial charge in [0.1, 0.15) is 0 Å². The molecule has 1 fully saturated rings. The third kappa shape index (κ3) is 4.68. The van der Waals surface area contributed by atoms with E-state index in [1.807, 2.05) is 36.4 Å². The van der Waals surface area contributed by atoms with Crippen LogP contribution in [0.5, 0.6) is 0 Å². The van der Waals surface area contributed by atoms with Crippen LogP contribution in [0.3, 0.4) is 0 Å². The Balaban J connectivity index is 1.35. The lowest BCUT2D eigenvalue weighted by atomic mass is 9.80. The Kier molecular flexibility index (Phi) is 5.97. The SMILES string of the molecule is CCSc1ccc(-c2nc(-c3ccc(CNC4CC(C(=O)O)C4)cc3)no2)cc1. The summed E-state index contributed by atoms with van der Waals surface area (Å²) in [5.74, 6) is 1.23. The summed E-state index contributed by atoms with van der Waals surface area (Å²) in [6.45, 7) is 2.85. The predicted molar refractivity (Wildman–Crippen MR) is 113 cm³/mol. The third-order valence-electron chi connectivity index (χ3n) is 5.13. The quantitative estimate of drug-likeness (QED) is 0.531. The van der Waals surface area contributed by atoms with E-state index in [9.17, 15) is 4.79 Å². The molecule has 1 heterocycles. The maximum Gasteiger partial charge on any atom is 0.306 e. The third-order valence-corrected chi connectivity index (χ3v) is 6.03. The molecule has 0 unspecified atom stereocenters. The van der Waals surface area contributed by atoms with Gasteiger partial charge in [-0.15, -0.1) is 11.8 Å². The van der Waals surface area contributed by atoms with E-state index in [0.29, 0.717) is 24.6 Å². The van der Waals surface area contributed by atoms with E-state index in [2.05, 4.69) is 34.5 Å². The van der Waals surface area contributed by atoms with Gasteiger partial charge in [-0.1, -0.05) is 36.3 Å². The number of nitrogens with zero attached hydrogens (tertiary/aromatic N) is 2. The van der Waals surface area contributed by atoms with Crippen molar-refractivity contribution in [3.63, 3.8) is 0 Å². The van der Waals surface area contributed by atoms with Gasteiger partial charge in [0.25, 0.3) is 5.89 Å². The van der Waals surface area contributed by atoms with Crippen LogP contribution in [0.4, 0.5) is 0 Å². The first-order chi connectivity index (χ1) is 14.1. The van der Waals surface area contributed by atoms with E-state index in [-0.39, 0.29) is 12.0 Å². The molecule has 0 aliphatic heterocycles. The molecule has 1 aliphatic carbocycles. The molecule has 1 aliphatic rings. The molecule has 0 atom stereocenters. The molecule has 0 bridgehead atoms. The van der Waals surface area contributed by atoms with Crippen LogP contribution in [0.25, 0.3) is 22.8 Å². The van der Waals surface area contributed by atoms with E-state index in [1.165, 1.54) is 4.90 Å². The highest BCUT2D eigenvalue weighted by molar-refractivity contribution is 7.99. The number of thioether (sulfide) groups is 1. The van der Waals surface area contributed by atoms with Crippen molar-refractivity contribution in [3.8, 4) is 22.8 Å². The predicted octanol–water partition coefficient (Wildman–Crippen LogP) is 4.47. The standard InChI is InChI=1S/C22H23N3O3S/c1-2-29-19-9-7-16(8-10-19)21-24-20(25-28-21)15-5-3-14(4-6-15)13-23-18-11-17(12-18)22(26)27/h3-10,17-18,23H,2,11-13H2,1H3,(H,26,27). The average molecular weight is 410 g/mol. The molecule has 0 radical (unpaired) electrons. The van der Waals surface area contributed by atoms with E-state index >= 15 is 0 Å². The lowest BCUT2D eigenvalue weighted by Gasteiger charge is -2.33. The van der Waals surface area contributed by atoms with Gasteiger partial charge >= 0.3 is 5.97 Å². The monoisotopic (exact) mass is 409 g/mol. The number of nitrogens with one attached hydrogen (secondary N) is 1. The number of carboxylic acids is 1. The van der Waals surface area contributed by atoms with E-state index < -0.39 is 5.97 Å². The number of aromatic nitrogens is 2. The van der Waals surface area contributed by atoms with Crippen molar-refractivity contribution in [3.05, 3.63) is 54.1 Å². The highest BCUT2D eigenvalue weighted by Gasteiger charge is 2.33. The Labute approximate surface area is 173 Å². The molecular weight excluding hydrogens is 386 g/mol. The highest BCUT2D eigenvalue weighted by atomic mass is 32.2.